The predicted octanol–water partition coefficient (Wildman–Crippen LogP) is 7.25. The van der Waals surface area contributed by atoms with Gasteiger partial charge in [-0.2, -0.15) is 0 Å². The number of allylic oxidation sites excluding steroid dienone is 1. The molecule has 1 amide bonds. The molecule has 1 N–H and O–H groups in total. The van der Waals surface area contributed by atoms with Crippen LogP contribution in [0.4, 0.5) is 4.79 Å². The fourth-order valence-electron chi connectivity index (χ4n) is 3.78. The van der Waals surface area contributed by atoms with Crippen molar-refractivity contribution in [2.45, 2.75) is 105 Å². The molecule has 0 radical (unpaired) electrons. The number of carbonyl (C=O) groups is 3. The molecular weight excluding hydrogens is 534 g/mol. The van der Waals surface area contributed by atoms with E-state index in [2.05, 4.69) is 5.32 Å². The number of carbonyl (C=O) groups excluding carboxylic acids is 3. The Hall–Kier alpha value is -3.81. The van der Waals surface area contributed by atoms with E-state index in [0.29, 0.717) is 6.61 Å². The molecule has 0 saturated carbocycles. The van der Waals surface area contributed by atoms with E-state index in [1.54, 1.807) is 62.3 Å². The molecule has 230 valence electrons. The third-order valence-electron chi connectivity index (χ3n) is 5.50. The Balaban J connectivity index is 2.17. The molecule has 2 aromatic rings. The quantitative estimate of drug-likeness (QED) is 0.220. The Kier molecular flexibility index (Phi) is 12.2. The summed E-state index contributed by atoms with van der Waals surface area (Å²) in [6.45, 7) is 16.2. The van der Waals surface area contributed by atoms with Crippen molar-refractivity contribution in [2.75, 3.05) is 0 Å². The van der Waals surface area contributed by atoms with Crippen LogP contribution in [0.15, 0.2) is 60.7 Å². The molecule has 0 aliphatic rings. The summed E-state index contributed by atoms with van der Waals surface area (Å²) < 4.78 is 22.4. The van der Waals surface area contributed by atoms with Crippen LogP contribution >= 0.6 is 0 Å². The first-order valence-electron chi connectivity index (χ1n) is 14.3. The number of rotatable bonds is 11. The van der Waals surface area contributed by atoms with Gasteiger partial charge in [-0.25, -0.2) is 9.59 Å². The van der Waals surface area contributed by atoms with Crippen molar-refractivity contribution < 1.29 is 33.3 Å². The lowest BCUT2D eigenvalue weighted by Crippen LogP contribution is -2.47. The summed E-state index contributed by atoms with van der Waals surface area (Å²) in [5.41, 5.74) is -0.281. The van der Waals surface area contributed by atoms with Crippen LogP contribution in [0.2, 0.25) is 0 Å². The molecule has 0 fully saturated rings. The molecule has 2 atom stereocenters. The van der Waals surface area contributed by atoms with Gasteiger partial charge in [0.25, 0.3) is 0 Å². The molecule has 2 aromatic carbocycles. The monoisotopic (exact) mass is 581 g/mol. The van der Waals surface area contributed by atoms with E-state index >= 15 is 0 Å². The molecule has 0 unspecified atom stereocenters. The Morgan fingerprint density at radius 2 is 1.29 bits per heavy atom. The summed E-state index contributed by atoms with van der Waals surface area (Å²) in [6.07, 6.45) is 3.22. The van der Waals surface area contributed by atoms with Gasteiger partial charge in [0.2, 0.25) is 0 Å². The highest BCUT2D eigenvalue weighted by Crippen LogP contribution is 2.23. The zero-order chi connectivity index (χ0) is 31.6. The molecule has 42 heavy (non-hydrogen) atoms. The maximum Gasteiger partial charge on any atom is 0.408 e. The lowest BCUT2D eigenvalue weighted by Gasteiger charge is -2.29. The Bertz CT molecular complexity index is 1180. The minimum absolute atomic E-state index is 0.0281. The van der Waals surface area contributed by atoms with Gasteiger partial charge in [0, 0.05) is 0 Å². The molecule has 0 saturated heterocycles. The second-order valence-electron chi connectivity index (χ2n) is 13.2. The average Bonchev–Trinajstić information content (AvgIpc) is 2.84. The van der Waals surface area contributed by atoms with E-state index in [1.165, 1.54) is 0 Å². The Morgan fingerprint density at radius 3 is 1.83 bits per heavy atom. The molecule has 0 aliphatic carbocycles. The van der Waals surface area contributed by atoms with E-state index in [0.717, 1.165) is 16.9 Å². The summed E-state index contributed by atoms with van der Waals surface area (Å²) in [4.78, 5) is 38.9. The number of alkyl carbamates (subject to hydrolysis) is 1. The Labute approximate surface area is 250 Å². The topological polar surface area (TPSA) is 100 Å². The highest BCUT2D eigenvalue weighted by atomic mass is 16.6. The lowest BCUT2D eigenvalue weighted by molar-refractivity contribution is -0.162. The molecule has 0 heterocycles. The van der Waals surface area contributed by atoms with E-state index in [4.69, 9.17) is 18.9 Å². The van der Waals surface area contributed by atoms with Gasteiger partial charge < -0.3 is 24.3 Å². The van der Waals surface area contributed by atoms with Gasteiger partial charge in [0.1, 0.15) is 35.2 Å². The van der Waals surface area contributed by atoms with Crippen LogP contribution in [0.1, 0.15) is 86.3 Å². The second-order valence-corrected chi connectivity index (χ2v) is 13.2. The standard InChI is InChI=1S/C34H47NO7/c1-32(2,3)40-29(36)26(22-28(30(37)41-33(4,5)6)35-31(38)42-34(7,8)9)17-13-16-24-18-20-27(21-19-24)39-23-25-14-11-10-12-15-25/h10-16,18-21,26,28H,17,22-23H2,1-9H3,(H,35,38)/t26-,28-/m0/s1. The molecule has 0 aromatic heterocycles. The highest BCUT2D eigenvalue weighted by Gasteiger charge is 2.34. The molecule has 0 spiro atoms. The summed E-state index contributed by atoms with van der Waals surface area (Å²) >= 11 is 0. The van der Waals surface area contributed by atoms with Gasteiger partial charge in [-0.15, -0.1) is 0 Å². The lowest BCUT2D eigenvalue weighted by atomic mass is 9.95. The predicted molar refractivity (Wildman–Crippen MR) is 164 cm³/mol. The molecule has 0 aliphatic heterocycles. The smallest absolute Gasteiger partial charge is 0.408 e. The van der Waals surface area contributed by atoms with Gasteiger partial charge in [0.05, 0.1) is 5.92 Å². The van der Waals surface area contributed by atoms with Crippen LogP contribution in [0.25, 0.3) is 6.08 Å². The van der Waals surface area contributed by atoms with Gasteiger partial charge in [-0.05, 0) is 98.4 Å². The van der Waals surface area contributed by atoms with Crippen molar-refractivity contribution in [1.82, 2.24) is 5.32 Å². The van der Waals surface area contributed by atoms with Gasteiger partial charge in [0.15, 0.2) is 0 Å². The van der Waals surface area contributed by atoms with E-state index in [-0.39, 0.29) is 12.8 Å². The van der Waals surface area contributed by atoms with E-state index < -0.39 is 46.8 Å². The fourth-order valence-corrected chi connectivity index (χ4v) is 3.78. The van der Waals surface area contributed by atoms with Crippen molar-refractivity contribution in [1.29, 1.82) is 0 Å². The normalized spacial score (nSPS) is 13.6. The largest absolute Gasteiger partial charge is 0.489 e. The number of benzene rings is 2. The highest BCUT2D eigenvalue weighted by molar-refractivity contribution is 5.83. The van der Waals surface area contributed by atoms with Crippen molar-refractivity contribution in [2.24, 2.45) is 5.92 Å². The van der Waals surface area contributed by atoms with Crippen LogP contribution in [0, 0.1) is 5.92 Å². The van der Waals surface area contributed by atoms with Crippen LogP contribution in [-0.4, -0.2) is 40.9 Å². The number of esters is 2. The number of hydrogen-bond donors (Lipinski definition) is 1. The van der Waals surface area contributed by atoms with Crippen molar-refractivity contribution >= 4 is 24.1 Å². The van der Waals surface area contributed by atoms with Crippen molar-refractivity contribution in [3.8, 4) is 5.75 Å². The zero-order valence-corrected chi connectivity index (χ0v) is 26.5. The van der Waals surface area contributed by atoms with Crippen LogP contribution in [-0.2, 0) is 30.4 Å². The second kappa shape index (κ2) is 14.9. The zero-order valence-electron chi connectivity index (χ0n) is 26.5. The fraction of sp³-hybridized carbons (Fsp3) is 0.500. The first kappa shape index (κ1) is 34.4. The molecule has 8 nitrogen and oxygen atoms in total. The first-order chi connectivity index (χ1) is 19.4. The van der Waals surface area contributed by atoms with Crippen LogP contribution in [0.3, 0.4) is 0 Å². The van der Waals surface area contributed by atoms with Crippen LogP contribution < -0.4 is 10.1 Å². The maximum atomic E-state index is 13.2. The molecule has 2 rings (SSSR count). The van der Waals surface area contributed by atoms with Gasteiger partial charge in [-0.3, -0.25) is 4.79 Å². The van der Waals surface area contributed by atoms with Gasteiger partial charge in [-0.1, -0.05) is 54.6 Å². The third kappa shape index (κ3) is 14.2. The number of ether oxygens (including phenoxy) is 4. The van der Waals surface area contributed by atoms with Gasteiger partial charge >= 0.3 is 18.0 Å². The number of amides is 1. The maximum absolute atomic E-state index is 13.2. The first-order valence-corrected chi connectivity index (χ1v) is 14.3. The number of nitrogens with one attached hydrogen (secondary N) is 1. The van der Waals surface area contributed by atoms with E-state index in [1.807, 2.05) is 66.7 Å². The molecule has 8 heteroatoms. The van der Waals surface area contributed by atoms with Crippen LogP contribution in [0.5, 0.6) is 5.75 Å². The summed E-state index contributed by atoms with van der Waals surface area (Å²) in [6, 6.07) is 16.4. The number of hydrogen-bond acceptors (Lipinski definition) is 7. The summed E-state index contributed by atoms with van der Waals surface area (Å²) in [5, 5.41) is 2.60. The Morgan fingerprint density at radius 1 is 0.738 bits per heavy atom. The molecular formula is C34H47NO7. The van der Waals surface area contributed by atoms with Crippen molar-refractivity contribution in [3.05, 3.63) is 71.8 Å². The van der Waals surface area contributed by atoms with Crippen molar-refractivity contribution in [3.63, 3.8) is 0 Å². The third-order valence-corrected chi connectivity index (χ3v) is 5.50. The minimum Gasteiger partial charge on any atom is -0.489 e. The minimum atomic E-state index is -1.12. The van der Waals surface area contributed by atoms with E-state index in [9.17, 15) is 14.4 Å². The SMILES string of the molecule is CC(C)(C)OC(=O)N[C@@H](C[C@H](CC=Cc1ccc(OCc2ccccc2)cc1)C(=O)OC(C)(C)C)C(=O)OC(C)(C)C. The average molecular weight is 582 g/mol. The summed E-state index contributed by atoms with van der Waals surface area (Å²) in [7, 11) is 0. The summed E-state index contributed by atoms with van der Waals surface area (Å²) in [5.74, 6) is -1.12. The molecule has 0 bridgehead atoms.